The molecule has 1 aliphatic rings. The van der Waals surface area contributed by atoms with Gasteiger partial charge in [0.1, 0.15) is 29.7 Å². The van der Waals surface area contributed by atoms with Crippen molar-refractivity contribution in [1.82, 2.24) is 5.32 Å². The highest BCUT2D eigenvalue weighted by atomic mass is 16.5. The maximum atomic E-state index is 12.3. The Morgan fingerprint density at radius 1 is 1.26 bits per heavy atom. The molecule has 0 unspecified atom stereocenters. The van der Waals surface area contributed by atoms with Crippen molar-refractivity contribution in [3.05, 3.63) is 33.9 Å². The van der Waals surface area contributed by atoms with E-state index in [2.05, 4.69) is 5.32 Å². The van der Waals surface area contributed by atoms with Gasteiger partial charge in [0.05, 0.1) is 14.2 Å². The summed E-state index contributed by atoms with van der Waals surface area (Å²) in [5, 5.41) is 13.4. The number of benzene rings is 1. The first kappa shape index (κ1) is 24.2. The number of aromatic hydroxyl groups is 1. The number of carbonyl (C=O) groups excluding carboxylic acids is 3. The van der Waals surface area contributed by atoms with Gasteiger partial charge in [0.15, 0.2) is 0 Å². The summed E-state index contributed by atoms with van der Waals surface area (Å²) in [6.45, 7) is 7.50. The lowest BCUT2D eigenvalue weighted by atomic mass is 9.94. The Morgan fingerprint density at radius 2 is 1.94 bits per heavy atom. The summed E-state index contributed by atoms with van der Waals surface area (Å²) in [7, 11) is 2.81. The molecule has 1 atom stereocenters. The normalized spacial score (nSPS) is 14.2. The first-order valence-electron chi connectivity index (χ1n) is 10.2. The van der Waals surface area contributed by atoms with Crippen LogP contribution < -0.4 is 10.1 Å². The smallest absolute Gasteiger partial charge is 0.342 e. The molecule has 2 rings (SSSR count). The number of carbonyl (C=O) groups is 3. The van der Waals surface area contributed by atoms with Crippen molar-refractivity contribution >= 4 is 17.8 Å². The quantitative estimate of drug-likeness (QED) is 0.455. The zero-order chi connectivity index (χ0) is 23.3. The van der Waals surface area contributed by atoms with Crippen LogP contribution in [0.5, 0.6) is 11.5 Å². The molecule has 1 amide bonds. The van der Waals surface area contributed by atoms with E-state index in [0.29, 0.717) is 29.7 Å². The summed E-state index contributed by atoms with van der Waals surface area (Å²) in [5.74, 6) is -0.939. The highest BCUT2D eigenvalue weighted by molar-refractivity contribution is 5.98. The lowest BCUT2D eigenvalue weighted by molar-refractivity contribution is -0.146. The van der Waals surface area contributed by atoms with Gasteiger partial charge in [-0.3, -0.25) is 4.79 Å². The zero-order valence-corrected chi connectivity index (χ0v) is 19.0. The van der Waals surface area contributed by atoms with Crippen LogP contribution in [0.25, 0.3) is 0 Å². The minimum Gasteiger partial charge on any atom is -0.507 e. The molecule has 0 bridgehead atoms. The van der Waals surface area contributed by atoms with E-state index in [0.717, 1.165) is 11.1 Å². The summed E-state index contributed by atoms with van der Waals surface area (Å²) >= 11 is 0. The average molecular weight is 434 g/mol. The average Bonchev–Trinajstić information content (AvgIpc) is 3.13. The van der Waals surface area contributed by atoms with Crippen LogP contribution in [0.4, 0.5) is 0 Å². The molecule has 1 heterocycles. The Kier molecular flexibility index (Phi) is 8.08. The van der Waals surface area contributed by atoms with Crippen molar-refractivity contribution in [3.8, 4) is 11.5 Å². The standard InChI is InChI=1S/C23H31NO7/c1-12(2)19(23(28)30-6)24-17(25)10-8-13(3)7-9-15-20(26)18-16(11-31-22(18)27)14(4)21(15)29-5/h7,12,19,26H,8-11H2,1-6H3,(H,24,25)/b13-7+/t19-/m0/s1. The Bertz CT molecular complexity index is 902. The van der Waals surface area contributed by atoms with Gasteiger partial charge in [-0.1, -0.05) is 25.5 Å². The summed E-state index contributed by atoms with van der Waals surface area (Å²) in [4.78, 5) is 36.1. The number of ether oxygens (including phenoxy) is 3. The van der Waals surface area contributed by atoms with Crippen molar-refractivity contribution < 1.29 is 33.7 Å². The van der Waals surface area contributed by atoms with Crippen LogP contribution in [0.15, 0.2) is 11.6 Å². The molecule has 31 heavy (non-hydrogen) atoms. The largest absolute Gasteiger partial charge is 0.507 e. The molecule has 1 aromatic rings. The summed E-state index contributed by atoms with van der Waals surface area (Å²) in [5.41, 5.74) is 3.04. The molecule has 0 saturated heterocycles. The minimum absolute atomic E-state index is 0.0850. The summed E-state index contributed by atoms with van der Waals surface area (Å²) in [6, 6.07) is -0.683. The molecule has 1 aromatic carbocycles. The van der Waals surface area contributed by atoms with Crippen molar-refractivity contribution in [2.24, 2.45) is 5.92 Å². The molecule has 0 fully saturated rings. The number of phenols is 1. The van der Waals surface area contributed by atoms with Crippen LogP contribution in [-0.4, -0.2) is 43.2 Å². The molecule has 2 N–H and O–H groups in total. The zero-order valence-electron chi connectivity index (χ0n) is 19.0. The fourth-order valence-corrected chi connectivity index (χ4v) is 3.59. The van der Waals surface area contributed by atoms with E-state index in [4.69, 9.17) is 14.2 Å². The van der Waals surface area contributed by atoms with Gasteiger partial charge < -0.3 is 24.6 Å². The van der Waals surface area contributed by atoms with Gasteiger partial charge in [-0.2, -0.15) is 0 Å². The second-order valence-electron chi connectivity index (χ2n) is 7.98. The number of hydrogen-bond donors (Lipinski definition) is 2. The third kappa shape index (κ3) is 5.37. The SMILES string of the molecule is COC(=O)[C@@H](NC(=O)CC/C(C)=C/Cc1c(O)c2c(c(C)c1OC)COC2=O)C(C)C. The number of amides is 1. The van der Waals surface area contributed by atoms with E-state index in [1.54, 1.807) is 0 Å². The fraction of sp³-hybridized carbons (Fsp3) is 0.522. The van der Waals surface area contributed by atoms with E-state index in [9.17, 15) is 19.5 Å². The second kappa shape index (κ2) is 10.3. The number of rotatable bonds is 9. The Balaban J connectivity index is 2.09. The predicted molar refractivity (Wildman–Crippen MR) is 114 cm³/mol. The third-order valence-corrected chi connectivity index (χ3v) is 5.49. The third-order valence-electron chi connectivity index (χ3n) is 5.49. The molecule has 0 aliphatic carbocycles. The first-order valence-corrected chi connectivity index (χ1v) is 10.2. The van der Waals surface area contributed by atoms with Crippen LogP contribution in [-0.2, 0) is 32.1 Å². The van der Waals surface area contributed by atoms with E-state index in [-0.39, 0.29) is 36.2 Å². The van der Waals surface area contributed by atoms with E-state index in [1.165, 1.54) is 14.2 Å². The van der Waals surface area contributed by atoms with Crippen LogP contribution in [0.3, 0.4) is 0 Å². The molecule has 0 aromatic heterocycles. The van der Waals surface area contributed by atoms with Crippen LogP contribution in [0, 0.1) is 12.8 Å². The molecule has 0 saturated carbocycles. The number of cyclic esters (lactones) is 1. The minimum atomic E-state index is -0.683. The second-order valence-corrected chi connectivity index (χ2v) is 7.98. The van der Waals surface area contributed by atoms with Crippen LogP contribution >= 0.6 is 0 Å². The van der Waals surface area contributed by atoms with Gasteiger partial charge in [-0.25, -0.2) is 9.59 Å². The van der Waals surface area contributed by atoms with Crippen molar-refractivity contribution in [2.75, 3.05) is 14.2 Å². The Labute approximate surface area is 182 Å². The predicted octanol–water partition coefficient (Wildman–Crippen LogP) is 2.96. The number of allylic oxidation sites excluding steroid dienone is 2. The molecule has 8 nitrogen and oxygen atoms in total. The Hall–Kier alpha value is -3.03. The summed E-state index contributed by atoms with van der Waals surface area (Å²) < 4.78 is 15.3. The molecule has 0 radical (unpaired) electrons. The topological polar surface area (TPSA) is 111 Å². The maximum Gasteiger partial charge on any atom is 0.342 e. The van der Waals surface area contributed by atoms with Gasteiger partial charge in [0.25, 0.3) is 0 Å². The van der Waals surface area contributed by atoms with Crippen molar-refractivity contribution in [3.63, 3.8) is 0 Å². The van der Waals surface area contributed by atoms with E-state index >= 15 is 0 Å². The monoisotopic (exact) mass is 433 g/mol. The van der Waals surface area contributed by atoms with E-state index in [1.807, 2.05) is 33.8 Å². The molecular formula is C23H31NO7. The highest BCUT2D eigenvalue weighted by Gasteiger charge is 2.32. The molecule has 1 aliphatic heterocycles. The van der Waals surface area contributed by atoms with Gasteiger partial charge >= 0.3 is 11.9 Å². The maximum absolute atomic E-state index is 12.3. The van der Waals surface area contributed by atoms with Gasteiger partial charge in [-0.05, 0) is 38.2 Å². The van der Waals surface area contributed by atoms with Gasteiger partial charge in [0, 0.05) is 17.5 Å². The number of fused-ring (bicyclic) bond motifs is 1. The molecule has 8 heteroatoms. The highest BCUT2D eigenvalue weighted by Crippen LogP contribution is 2.42. The van der Waals surface area contributed by atoms with Gasteiger partial charge in [-0.15, -0.1) is 0 Å². The van der Waals surface area contributed by atoms with Crippen molar-refractivity contribution in [2.45, 2.75) is 59.6 Å². The lowest BCUT2D eigenvalue weighted by Gasteiger charge is -2.19. The number of phenolic OH excluding ortho intramolecular Hbond substituents is 1. The van der Waals surface area contributed by atoms with Crippen LogP contribution in [0.1, 0.15) is 60.7 Å². The summed E-state index contributed by atoms with van der Waals surface area (Å²) in [6.07, 6.45) is 2.91. The Morgan fingerprint density at radius 3 is 2.52 bits per heavy atom. The van der Waals surface area contributed by atoms with Crippen LogP contribution in [0.2, 0.25) is 0 Å². The van der Waals surface area contributed by atoms with Gasteiger partial charge in [0.2, 0.25) is 5.91 Å². The molecule has 0 spiro atoms. The first-order chi connectivity index (χ1) is 14.6. The number of hydrogen-bond acceptors (Lipinski definition) is 7. The number of nitrogens with one attached hydrogen (secondary N) is 1. The van der Waals surface area contributed by atoms with E-state index < -0.39 is 18.0 Å². The number of esters is 2. The number of methoxy groups -OCH3 is 2. The molecule has 170 valence electrons. The van der Waals surface area contributed by atoms with Crippen molar-refractivity contribution in [1.29, 1.82) is 0 Å². The lowest BCUT2D eigenvalue weighted by Crippen LogP contribution is -2.44. The molecular weight excluding hydrogens is 402 g/mol. The fourth-order valence-electron chi connectivity index (χ4n) is 3.59.